The number of imidazole rings is 1. The molecule has 3 heterocycles. The topological polar surface area (TPSA) is 119 Å². The molecule has 1 aliphatic heterocycles. The maximum atomic E-state index is 12.3. The number of aliphatic hydroxyl groups is 1. The fourth-order valence-electron chi connectivity index (χ4n) is 4.63. The highest BCUT2D eigenvalue weighted by Crippen LogP contribution is 2.40. The van der Waals surface area contributed by atoms with E-state index in [-0.39, 0.29) is 6.61 Å². The minimum atomic E-state index is -1.62. The van der Waals surface area contributed by atoms with Crippen molar-refractivity contribution in [2.24, 2.45) is 0 Å². The molecule has 2 aromatic heterocycles. The van der Waals surface area contributed by atoms with Crippen molar-refractivity contribution < 1.29 is 9.84 Å². The number of ether oxygens (including phenoxy) is 1. The van der Waals surface area contributed by atoms with Gasteiger partial charge >= 0.3 is 0 Å². The Morgan fingerprint density at radius 2 is 1.83 bits per heavy atom. The van der Waals surface area contributed by atoms with E-state index in [2.05, 4.69) is 27.1 Å². The van der Waals surface area contributed by atoms with E-state index in [1.165, 1.54) is 6.33 Å². The zero-order valence-corrected chi connectivity index (χ0v) is 18.4. The third-order valence-electron chi connectivity index (χ3n) is 6.38. The van der Waals surface area contributed by atoms with E-state index in [9.17, 15) is 15.6 Å². The summed E-state index contributed by atoms with van der Waals surface area (Å²) in [5.41, 5.74) is 3.88. The van der Waals surface area contributed by atoms with E-state index in [1.807, 2.05) is 30.3 Å². The molecule has 7 heteroatoms. The number of aromatic amines is 1. The minimum Gasteiger partial charge on any atom is -0.488 e. The van der Waals surface area contributed by atoms with Gasteiger partial charge < -0.3 is 14.8 Å². The molecule has 0 saturated heterocycles. The van der Waals surface area contributed by atoms with Crippen LogP contribution >= 0.6 is 0 Å². The summed E-state index contributed by atoms with van der Waals surface area (Å²) in [6, 6.07) is 24.5. The zero-order valence-electron chi connectivity index (χ0n) is 18.4. The van der Waals surface area contributed by atoms with Crippen LogP contribution in [0.15, 0.2) is 79.3 Å². The molecule has 0 radical (unpaired) electrons. The fourth-order valence-corrected chi connectivity index (χ4v) is 4.63. The summed E-state index contributed by atoms with van der Waals surface area (Å²) in [4.78, 5) is 11.7. The van der Waals surface area contributed by atoms with Gasteiger partial charge in [-0.3, -0.25) is 0 Å². The van der Waals surface area contributed by atoms with Gasteiger partial charge in [-0.2, -0.15) is 10.5 Å². The van der Waals surface area contributed by atoms with Crippen LogP contribution in [-0.4, -0.2) is 20.1 Å². The molecule has 0 amide bonds. The van der Waals surface area contributed by atoms with Crippen molar-refractivity contribution in [3.63, 3.8) is 0 Å². The number of rotatable bonds is 1. The Morgan fingerprint density at radius 3 is 2.63 bits per heavy atom. The highest BCUT2D eigenvalue weighted by molar-refractivity contribution is 5.96. The highest BCUT2D eigenvalue weighted by Gasteiger charge is 2.36. The second-order valence-corrected chi connectivity index (χ2v) is 8.39. The van der Waals surface area contributed by atoms with Gasteiger partial charge in [0.2, 0.25) is 0 Å². The first kappa shape index (κ1) is 20.6. The van der Waals surface area contributed by atoms with Crippen molar-refractivity contribution in [1.29, 1.82) is 10.5 Å². The summed E-state index contributed by atoms with van der Waals surface area (Å²) < 4.78 is 6.08. The van der Waals surface area contributed by atoms with Crippen molar-refractivity contribution in [1.82, 2.24) is 15.0 Å². The van der Waals surface area contributed by atoms with Crippen molar-refractivity contribution in [2.75, 3.05) is 0 Å². The largest absolute Gasteiger partial charge is 0.488 e. The summed E-state index contributed by atoms with van der Waals surface area (Å²) in [6.07, 6.45) is 3.08. The van der Waals surface area contributed by atoms with E-state index < -0.39 is 5.60 Å². The Balaban J connectivity index is 1.73. The number of hydrogen-bond acceptors (Lipinski definition) is 6. The molecule has 1 unspecified atom stereocenters. The molecule has 0 saturated carbocycles. The van der Waals surface area contributed by atoms with Crippen LogP contribution in [0, 0.1) is 22.7 Å². The average molecular weight is 455 g/mol. The van der Waals surface area contributed by atoms with Crippen molar-refractivity contribution in [2.45, 2.75) is 12.2 Å². The maximum Gasteiger partial charge on any atom is 0.156 e. The van der Waals surface area contributed by atoms with Gasteiger partial charge in [-0.15, -0.1) is 0 Å². The van der Waals surface area contributed by atoms with Gasteiger partial charge in [0.15, 0.2) is 5.60 Å². The summed E-state index contributed by atoms with van der Waals surface area (Å²) in [7, 11) is 0. The summed E-state index contributed by atoms with van der Waals surface area (Å²) >= 11 is 0. The van der Waals surface area contributed by atoms with Crippen LogP contribution in [0.4, 0.5) is 0 Å². The second kappa shape index (κ2) is 7.81. The summed E-state index contributed by atoms with van der Waals surface area (Å²) in [5.74, 6) is 0.375. The van der Waals surface area contributed by atoms with Crippen LogP contribution in [0.3, 0.4) is 0 Å². The first-order valence-electron chi connectivity index (χ1n) is 10.9. The fraction of sp³-hybridized carbons (Fsp3) is 0.0714. The molecule has 5 aromatic rings. The first-order valence-corrected chi connectivity index (χ1v) is 10.9. The van der Waals surface area contributed by atoms with E-state index in [1.54, 1.807) is 42.6 Å². The Bertz CT molecular complexity index is 1700. The van der Waals surface area contributed by atoms with Crippen molar-refractivity contribution >= 4 is 10.9 Å². The molecule has 0 spiro atoms. The van der Waals surface area contributed by atoms with Crippen LogP contribution in [0.2, 0.25) is 0 Å². The normalized spacial score (nSPS) is 16.3. The number of nitriles is 2. The highest BCUT2D eigenvalue weighted by atomic mass is 16.5. The molecule has 6 bridgehead atoms. The number of pyridine rings is 1. The van der Waals surface area contributed by atoms with Gasteiger partial charge in [-0.05, 0) is 64.2 Å². The summed E-state index contributed by atoms with van der Waals surface area (Å²) in [6.45, 7) is 0.228. The van der Waals surface area contributed by atoms with Crippen LogP contribution in [0.5, 0.6) is 5.75 Å². The minimum absolute atomic E-state index is 0.228. The number of hydrogen-bond donors (Lipinski definition) is 2. The Kier molecular flexibility index (Phi) is 4.60. The van der Waals surface area contributed by atoms with Crippen LogP contribution in [-0.2, 0) is 12.2 Å². The number of nitrogens with one attached hydrogen (secondary N) is 1. The van der Waals surface area contributed by atoms with Crippen LogP contribution in [0.1, 0.15) is 33.6 Å². The molecule has 0 fully saturated rings. The van der Waals surface area contributed by atoms with Gasteiger partial charge in [-0.25, -0.2) is 9.97 Å². The third kappa shape index (κ3) is 3.23. The van der Waals surface area contributed by atoms with Crippen LogP contribution < -0.4 is 4.74 Å². The molecule has 2 N–H and O–H groups in total. The maximum absolute atomic E-state index is 12.3. The lowest BCUT2D eigenvalue weighted by Crippen LogP contribution is -2.29. The average Bonchev–Trinajstić information content (AvgIpc) is 3.46. The molecule has 3 aromatic carbocycles. The molecule has 7 nitrogen and oxygen atoms in total. The molecule has 166 valence electrons. The van der Waals surface area contributed by atoms with Gasteiger partial charge in [0, 0.05) is 5.39 Å². The number of H-pyrrole nitrogens is 1. The second-order valence-electron chi connectivity index (χ2n) is 8.39. The predicted molar refractivity (Wildman–Crippen MR) is 128 cm³/mol. The predicted octanol–water partition coefficient (Wildman–Crippen LogP) is 4.54. The smallest absolute Gasteiger partial charge is 0.156 e. The lowest BCUT2D eigenvalue weighted by Gasteiger charge is -2.29. The molecule has 0 aliphatic carbocycles. The van der Waals surface area contributed by atoms with E-state index in [0.29, 0.717) is 39.3 Å². The standard InChI is InChI=1S/C28H17N5O2/c29-12-19-4-5-21-10-26(19)35-15-17-2-1-3-18(8-17)23-11-22(13-30)33-25-7-6-20(9-24(23)25)28(21,34)27-14-31-16-32-27/h1-11,14,16,34H,15H2,(H,31,32). The molecule has 35 heavy (non-hydrogen) atoms. The molecule has 1 aliphatic rings. The van der Waals surface area contributed by atoms with Crippen molar-refractivity contribution in [3.05, 3.63) is 113 Å². The lowest BCUT2D eigenvalue weighted by atomic mass is 9.82. The number of benzene rings is 3. The third-order valence-corrected chi connectivity index (χ3v) is 6.38. The molecule has 1 atom stereocenters. The molecule has 6 rings (SSSR count). The van der Waals surface area contributed by atoms with Crippen molar-refractivity contribution in [3.8, 4) is 29.0 Å². The lowest BCUT2D eigenvalue weighted by molar-refractivity contribution is 0.121. The van der Waals surface area contributed by atoms with Gasteiger partial charge in [-0.1, -0.05) is 30.3 Å². The number of aromatic nitrogens is 3. The van der Waals surface area contributed by atoms with E-state index >= 15 is 0 Å². The number of fused-ring (bicyclic) bond motifs is 6. The van der Waals surface area contributed by atoms with E-state index in [4.69, 9.17) is 4.74 Å². The Labute approximate surface area is 200 Å². The van der Waals surface area contributed by atoms with Gasteiger partial charge in [0.1, 0.15) is 30.2 Å². The SMILES string of the molecule is N#Cc1cc2c3cc(ccc3n1)C(O)(c1cnc[nH]1)c1ccc(C#N)c(c1)OCc1cccc-2c1. The van der Waals surface area contributed by atoms with Gasteiger partial charge in [0.05, 0.1) is 29.3 Å². The Morgan fingerprint density at radius 1 is 0.971 bits per heavy atom. The number of nitrogens with zero attached hydrogens (tertiary/aromatic N) is 4. The van der Waals surface area contributed by atoms with Crippen LogP contribution in [0.25, 0.3) is 22.0 Å². The van der Waals surface area contributed by atoms with Gasteiger partial charge in [0.25, 0.3) is 0 Å². The molecular weight excluding hydrogens is 438 g/mol. The summed E-state index contributed by atoms with van der Waals surface area (Å²) in [5, 5.41) is 32.3. The molecular formula is C28H17N5O2. The monoisotopic (exact) mass is 455 g/mol. The quantitative estimate of drug-likeness (QED) is 0.383. The first-order chi connectivity index (χ1) is 17.1. The Hall–Kier alpha value is -4.98. The zero-order chi connectivity index (χ0) is 24.0. The van der Waals surface area contributed by atoms with E-state index in [0.717, 1.165) is 22.1 Å².